The molecule has 0 saturated carbocycles. The molecule has 9 heteroatoms. The molecule has 7 nitrogen and oxygen atoms in total. The van der Waals surface area contributed by atoms with Crippen LogP contribution in [0.3, 0.4) is 0 Å². The average Bonchev–Trinajstić information content (AvgIpc) is 2.84. The van der Waals surface area contributed by atoms with Gasteiger partial charge < -0.3 is 15.0 Å². The highest BCUT2D eigenvalue weighted by molar-refractivity contribution is 5.83. The molecule has 2 N–H and O–H groups in total. The van der Waals surface area contributed by atoms with Crippen molar-refractivity contribution in [1.82, 2.24) is 14.5 Å². The summed E-state index contributed by atoms with van der Waals surface area (Å²) < 4.78 is 27.2. The predicted octanol–water partition coefficient (Wildman–Crippen LogP) is 3.68. The maximum atomic E-state index is 13.3. The van der Waals surface area contributed by atoms with E-state index in [-0.39, 0.29) is 23.7 Å². The number of carbonyl (C=O) groups excluding carboxylic acids is 1. The molecule has 1 unspecified atom stereocenters. The Morgan fingerprint density at radius 1 is 1.08 bits per heavy atom. The molecule has 0 bridgehead atoms. The largest absolute Gasteiger partial charge is 0.507 e. The van der Waals surface area contributed by atoms with Crippen LogP contribution < -0.4 is 11.2 Å². The second-order valence-electron chi connectivity index (χ2n) is 8.69. The molecule has 5 rings (SSSR count). The lowest BCUT2D eigenvalue weighted by atomic mass is 9.99. The number of hydrogen-bond donors (Lipinski definition) is 2. The minimum absolute atomic E-state index is 0.126. The van der Waals surface area contributed by atoms with Crippen LogP contribution in [-0.2, 0) is 24.2 Å². The third kappa shape index (κ3) is 5.19. The number of fused-ring (bicyclic) bond motifs is 2. The van der Waals surface area contributed by atoms with E-state index in [1.807, 2.05) is 37.3 Å². The maximum Gasteiger partial charge on any atom is 0.329 e. The number of H-pyrrole nitrogens is 1. The van der Waals surface area contributed by atoms with Crippen LogP contribution in [0.1, 0.15) is 29.7 Å². The van der Waals surface area contributed by atoms with Crippen LogP contribution in [0.25, 0.3) is 10.9 Å². The molecule has 1 aliphatic heterocycles. The summed E-state index contributed by atoms with van der Waals surface area (Å²) in [5, 5.41) is 10.0. The summed E-state index contributed by atoms with van der Waals surface area (Å²) in [7, 11) is 0. The van der Waals surface area contributed by atoms with Crippen molar-refractivity contribution in [2.75, 3.05) is 6.54 Å². The van der Waals surface area contributed by atoms with Crippen LogP contribution in [0.5, 0.6) is 5.75 Å². The molecule has 0 spiro atoms. The molecule has 36 heavy (non-hydrogen) atoms. The molecule has 3 aromatic carbocycles. The molecule has 4 aromatic rings. The first kappa shape index (κ1) is 24.8. The van der Waals surface area contributed by atoms with E-state index in [2.05, 4.69) is 4.98 Å². The molecule has 2 heterocycles. The highest BCUT2D eigenvalue weighted by Gasteiger charge is 2.19. The molecule has 0 saturated heterocycles. The van der Waals surface area contributed by atoms with Gasteiger partial charge in [0.1, 0.15) is 22.8 Å². The van der Waals surface area contributed by atoms with Crippen molar-refractivity contribution in [3.63, 3.8) is 0 Å². The summed E-state index contributed by atoms with van der Waals surface area (Å²) in [5.74, 6) is -1.24. The number of aromatic amines is 1. The van der Waals surface area contributed by atoms with E-state index in [1.165, 1.54) is 17.0 Å². The van der Waals surface area contributed by atoms with Gasteiger partial charge in [-0.15, -0.1) is 0 Å². The number of nitrogens with one attached hydrogen (secondary N) is 1. The lowest BCUT2D eigenvalue weighted by Gasteiger charge is -2.25. The van der Waals surface area contributed by atoms with Crippen molar-refractivity contribution in [3.05, 3.63) is 110 Å². The van der Waals surface area contributed by atoms with Crippen LogP contribution in [0.2, 0.25) is 0 Å². The summed E-state index contributed by atoms with van der Waals surface area (Å²) in [6.45, 7) is 2.58. The second kappa shape index (κ2) is 10.6. The van der Waals surface area contributed by atoms with E-state index >= 15 is 0 Å². The normalized spacial score (nSPS) is 13.5. The molecule has 0 aliphatic carbocycles. The first-order valence-electron chi connectivity index (χ1n) is 11.4. The number of hydrogen-bond acceptors (Lipinski definition) is 4. The third-order valence-corrected chi connectivity index (χ3v) is 6.18. The van der Waals surface area contributed by atoms with E-state index in [0.717, 1.165) is 16.2 Å². The van der Waals surface area contributed by atoms with Gasteiger partial charge in [-0.25, -0.2) is 13.6 Å². The van der Waals surface area contributed by atoms with Crippen molar-refractivity contribution in [2.45, 2.75) is 32.4 Å². The fourth-order valence-corrected chi connectivity index (χ4v) is 4.40. The SMILES string of the molecule is CC(Cc1ccccc1)n1c(=O)[nH]c2cccc(O)c2c1=O.O=CN1CCc2cc(F)cc(F)c2C1. The molecular formula is C27H25F2N3O4. The Hall–Kier alpha value is -4.27. The van der Waals surface area contributed by atoms with Gasteiger partial charge in [0, 0.05) is 30.8 Å². The van der Waals surface area contributed by atoms with Crippen LogP contribution in [-0.4, -0.2) is 32.5 Å². The number of phenolic OH excluding ortho intramolecular Hbond substituents is 1. The Morgan fingerprint density at radius 3 is 2.56 bits per heavy atom. The minimum atomic E-state index is -0.563. The zero-order valence-corrected chi connectivity index (χ0v) is 19.6. The zero-order valence-electron chi connectivity index (χ0n) is 19.6. The summed E-state index contributed by atoms with van der Waals surface area (Å²) in [6.07, 6.45) is 1.76. The number of phenols is 1. The Morgan fingerprint density at radius 2 is 1.83 bits per heavy atom. The van der Waals surface area contributed by atoms with Gasteiger partial charge in [0.25, 0.3) is 5.56 Å². The second-order valence-corrected chi connectivity index (χ2v) is 8.69. The average molecular weight is 494 g/mol. The number of rotatable bonds is 4. The molecule has 186 valence electrons. The van der Waals surface area contributed by atoms with Crippen molar-refractivity contribution >= 4 is 17.3 Å². The van der Waals surface area contributed by atoms with Crippen LogP contribution in [0.15, 0.2) is 70.3 Å². The highest BCUT2D eigenvalue weighted by atomic mass is 19.1. The number of benzene rings is 3. The maximum absolute atomic E-state index is 13.3. The summed E-state index contributed by atoms with van der Waals surface area (Å²) in [5.41, 5.74) is 1.55. The monoisotopic (exact) mass is 493 g/mol. The van der Waals surface area contributed by atoms with Crippen LogP contribution >= 0.6 is 0 Å². The molecular weight excluding hydrogens is 468 g/mol. The van der Waals surface area contributed by atoms with Gasteiger partial charge in [-0.05, 0) is 49.1 Å². The van der Waals surface area contributed by atoms with Crippen molar-refractivity contribution < 1.29 is 18.7 Å². The van der Waals surface area contributed by atoms with E-state index in [1.54, 1.807) is 12.1 Å². The van der Waals surface area contributed by atoms with Gasteiger partial charge in [0.2, 0.25) is 6.41 Å². The van der Waals surface area contributed by atoms with Gasteiger partial charge in [0.05, 0.1) is 5.52 Å². The fraction of sp³-hybridized carbons (Fsp3) is 0.222. The summed E-state index contributed by atoms with van der Waals surface area (Å²) >= 11 is 0. The number of aromatic hydroxyl groups is 1. The van der Waals surface area contributed by atoms with Gasteiger partial charge in [-0.3, -0.25) is 14.2 Å². The first-order chi connectivity index (χ1) is 17.3. The Balaban J connectivity index is 0.000000187. The Labute approximate surface area is 205 Å². The lowest BCUT2D eigenvalue weighted by Crippen LogP contribution is -2.37. The van der Waals surface area contributed by atoms with E-state index in [0.29, 0.717) is 42.4 Å². The smallest absolute Gasteiger partial charge is 0.329 e. The van der Waals surface area contributed by atoms with E-state index < -0.39 is 22.9 Å². The van der Waals surface area contributed by atoms with E-state index in [4.69, 9.17) is 0 Å². The fourth-order valence-electron chi connectivity index (χ4n) is 4.40. The standard InChI is InChI=1S/C17H16N2O3.C10H9F2NO/c1-11(10-12-6-3-2-4-7-12)19-16(21)15-13(18-17(19)22)8-5-9-14(15)20;11-8-3-7-1-2-13(6-14)5-9(7)10(12)4-8/h2-9,11,20H,10H2,1H3,(H,18,22);3-4,6H,1-2,5H2. The van der Waals surface area contributed by atoms with Crippen molar-refractivity contribution in [1.29, 1.82) is 0 Å². The number of amides is 1. The van der Waals surface area contributed by atoms with Gasteiger partial charge in [-0.1, -0.05) is 36.4 Å². The quantitative estimate of drug-likeness (QED) is 0.424. The first-order valence-corrected chi connectivity index (χ1v) is 11.4. The van der Waals surface area contributed by atoms with Crippen molar-refractivity contribution in [2.24, 2.45) is 0 Å². The minimum Gasteiger partial charge on any atom is -0.507 e. The van der Waals surface area contributed by atoms with Crippen molar-refractivity contribution in [3.8, 4) is 5.75 Å². The zero-order chi connectivity index (χ0) is 25.8. The third-order valence-electron chi connectivity index (χ3n) is 6.18. The molecule has 1 aliphatic rings. The Kier molecular flexibility index (Phi) is 7.28. The molecule has 1 atom stereocenters. The highest BCUT2D eigenvalue weighted by Crippen LogP contribution is 2.22. The topological polar surface area (TPSA) is 95.4 Å². The number of carbonyl (C=O) groups is 1. The van der Waals surface area contributed by atoms with Crippen LogP contribution in [0.4, 0.5) is 8.78 Å². The van der Waals surface area contributed by atoms with Gasteiger partial charge >= 0.3 is 5.69 Å². The van der Waals surface area contributed by atoms with Gasteiger partial charge in [0.15, 0.2) is 0 Å². The number of nitrogens with zero attached hydrogens (tertiary/aromatic N) is 2. The predicted molar refractivity (Wildman–Crippen MR) is 132 cm³/mol. The summed E-state index contributed by atoms with van der Waals surface area (Å²) in [4.78, 5) is 39.4. The van der Waals surface area contributed by atoms with E-state index in [9.17, 15) is 28.3 Å². The number of halogens is 2. The molecule has 1 amide bonds. The Bertz CT molecular complexity index is 1520. The molecule has 0 fully saturated rings. The lowest BCUT2D eigenvalue weighted by molar-refractivity contribution is -0.118. The molecule has 1 aromatic heterocycles. The molecule has 0 radical (unpaired) electrons. The van der Waals surface area contributed by atoms with Crippen LogP contribution in [0, 0.1) is 11.6 Å². The number of aromatic nitrogens is 2. The summed E-state index contributed by atoms with van der Waals surface area (Å²) in [6, 6.07) is 16.2. The van der Waals surface area contributed by atoms with Gasteiger partial charge in [-0.2, -0.15) is 0 Å².